The van der Waals surface area contributed by atoms with E-state index in [9.17, 15) is 4.79 Å². The van der Waals surface area contributed by atoms with E-state index in [1.807, 2.05) is 60.7 Å². The van der Waals surface area contributed by atoms with E-state index in [1.54, 1.807) is 28.4 Å². The van der Waals surface area contributed by atoms with Gasteiger partial charge in [0.1, 0.15) is 11.8 Å². The predicted octanol–water partition coefficient (Wildman–Crippen LogP) is 4.46. The summed E-state index contributed by atoms with van der Waals surface area (Å²) >= 11 is 0. The highest BCUT2D eigenvalue weighted by atomic mass is 16.5. The number of hydrogen-bond donors (Lipinski definition) is 2. The van der Waals surface area contributed by atoms with Gasteiger partial charge in [-0.25, -0.2) is 0 Å². The van der Waals surface area contributed by atoms with Crippen molar-refractivity contribution in [2.45, 2.75) is 24.9 Å². The van der Waals surface area contributed by atoms with Gasteiger partial charge in [0.15, 0.2) is 11.5 Å². The monoisotopic (exact) mass is 448 g/mol. The van der Waals surface area contributed by atoms with Crippen molar-refractivity contribution < 1.29 is 19.0 Å². The molecule has 33 heavy (non-hydrogen) atoms. The summed E-state index contributed by atoms with van der Waals surface area (Å²) in [5, 5.41) is 6.37. The number of amides is 1. The Balaban J connectivity index is 1.91. The lowest BCUT2D eigenvalue weighted by Gasteiger charge is -2.26. The largest absolute Gasteiger partial charge is 0.497 e. The van der Waals surface area contributed by atoms with Crippen LogP contribution in [0, 0.1) is 0 Å². The van der Waals surface area contributed by atoms with E-state index in [1.165, 1.54) is 5.56 Å². The Morgan fingerprint density at radius 2 is 1.52 bits per heavy atom. The summed E-state index contributed by atoms with van der Waals surface area (Å²) in [7, 11) is 6.56. The normalized spacial score (nSPS) is 12.5. The Morgan fingerprint density at radius 3 is 2.12 bits per heavy atom. The van der Waals surface area contributed by atoms with Crippen LogP contribution >= 0.6 is 0 Å². The second-order valence-corrected chi connectivity index (χ2v) is 7.68. The smallest absolute Gasteiger partial charge is 0.241 e. The lowest BCUT2D eigenvalue weighted by atomic mass is 9.96. The number of carbonyl (C=O) groups excluding carboxylic acids is 1. The molecule has 0 aromatic heterocycles. The van der Waals surface area contributed by atoms with Crippen LogP contribution in [0.5, 0.6) is 17.2 Å². The molecule has 0 spiro atoms. The molecule has 3 rings (SSSR count). The SMILES string of the molecule is CNC(=O)C(N[C@@H](CCc1ccc(OC)cc1)c1ccc(OC)c(OC)c1)c1ccccc1. The Hall–Kier alpha value is -3.51. The second kappa shape index (κ2) is 11.9. The molecule has 0 aliphatic rings. The molecule has 2 N–H and O–H groups in total. The molecule has 0 aliphatic heterocycles. The fourth-order valence-corrected chi connectivity index (χ4v) is 3.83. The van der Waals surface area contributed by atoms with Crippen LogP contribution in [0.4, 0.5) is 0 Å². The summed E-state index contributed by atoms with van der Waals surface area (Å²) in [5.74, 6) is 2.07. The first kappa shape index (κ1) is 24.1. The lowest BCUT2D eigenvalue weighted by molar-refractivity contribution is -0.123. The zero-order chi connectivity index (χ0) is 23.6. The van der Waals surface area contributed by atoms with E-state index in [0.717, 1.165) is 29.7 Å². The molecule has 0 saturated heterocycles. The third-order valence-electron chi connectivity index (χ3n) is 5.70. The summed E-state index contributed by atoms with van der Waals surface area (Å²) in [6.45, 7) is 0. The minimum atomic E-state index is -0.495. The first-order valence-corrected chi connectivity index (χ1v) is 11.0. The highest BCUT2D eigenvalue weighted by Crippen LogP contribution is 2.33. The van der Waals surface area contributed by atoms with Crippen LogP contribution in [-0.4, -0.2) is 34.3 Å². The van der Waals surface area contributed by atoms with Gasteiger partial charge in [-0.05, 0) is 53.8 Å². The Kier molecular flexibility index (Phi) is 8.72. The first-order valence-electron chi connectivity index (χ1n) is 11.0. The van der Waals surface area contributed by atoms with E-state index in [0.29, 0.717) is 11.5 Å². The van der Waals surface area contributed by atoms with E-state index in [2.05, 4.69) is 22.8 Å². The molecule has 174 valence electrons. The van der Waals surface area contributed by atoms with Crippen molar-refractivity contribution in [3.63, 3.8) is 0 Å². The molecule has 3 aromatic carbocycles. The number of rotatable bonds is 11. The van der Waals surface area contributed by atoms with Crippen molar-refractivity contribution in [3.8, 4) is 17.2 Å². The number of methoxy groups -OCH3 is 3. The van der Waals surface area contributed by atoms with Crippen LogP contribution in [0.2, 0.25) is 0 Å². The van der Waals surface area contributed by atoms with Gasteiger partial charge in [-0.2, -0.15) is 0 Å². The number of carbonyl (C=O) groups is 1. The number of hydrogen-bond acceptors (Lipinski definition) is 5. The zero-order valence-electron chi connectivity index (χ0n) is 19.6. The van der Waals surface area contributed by atoms with Crippen LogP contribution in [-0.2, 0) is 11.2 Å². The molecule has 0 aliphatic carbocycles. The predicted molar refractivity (Wildman–Crippen MR) is 130 cm³/mol. The summed E-state index contributed by atoms with van der Waals surface area (Å²) in [6, 6.07) is 23.1. The van der Waals surface area contributed by atoms with Crippen LogP contribution in [0.15, 0.2) is 72.8 Å². The molecule has 0 heterocycles. The van der Waals surface area contributed by atoms with Crippen LogP contribution in [0.1, 0.15) is 35.2 Å². The topological polar surface area (TPSA) is 68.8 Å². The number of likely N-dealkylation sites (N-methyl/N-ethyl adjacent to an activating group) is 1. The Bertz CT molecular complexity index is 1020. The van der Waals surface area contributed by atoms with Gasteiger partial charge in [-0.3, -0.25) is 10.1 Å². The molecule has 0 radical (unpaired) electrons. The summed E-state index contributed by atoms with van der Waals surface area (Å²) < 4.78 is 16.2. The van der Waals surface area contributed by atoms with E-state index >= 15 is 0 Å². The standard InChI is InChI=1S/C27H32N2O4/c1-28-27(30)26(20-8-6-5-7-9-20)29-23(16-12-19-10-14-22(31-2)15-11-19)21-13-17-24(32-3)25(18-21)33-4/h5-11,13-15,17-18,23,26,29H,12,16H2,1-4H3,(H,28,30)/t23-,26?/m0/s1. The van der Waals surface area contributed by atoms with Gasteiger partial charge in [0, 0.05) is 13.1 Å². The Morgan fingerprint density at radius 1 is 0.818 bits per heavy atom. The molecule has 0 saturated carbocycles. The van der Waals surface area contributed by atoms with E-state index < -0.39 is 6.04 Å². The van der Waals surface area contributed by atoms with Crippen molar-refractivity contribution in [3.05, 3.63) is 89.5 Å². The molecule has 6 nitrogen and oxygen atoms in total. The lowest BCUT2D eigenvalue weighted by Crippen LogP contribution is -2.38. The molecule has 6 heteroatoms. The van der Waals surface area contributed by atoms with Crippen LogP contribution < -0.4 is 24.8 Å². The first-order chi connectivity index (χ1) is 16.1. The third kappa shape index (κ3) is 6.26. The fourth-order valence-electron chi connectivity index (χ4n) is 3.83. The van der Waals surface area contributed by atoms with Crippen molar-refractivity contribution >= 4 is 5.91 Å². The zero-order valence-corrected chi connectivity index (χ0v) is 19.6. The maximum absolute atomic E-state index is 12.8. The van der Waals surface area contributed by atoms with Crippen molar-refractivity contribution in [1.82, 2.24) is 10.6 Å². The maximum atomic E-state index is 12.8. The second-order valence-electron chi connectivity index (χ2n) is 7.68. The molecule has 1 amide bonds. The van der Waals surface area contributed by atoms with Gasteiger partial charge in [-0.1, -0.05) is 48.5 Å². The van der Waals surface area contributed by atoms with Gasteiger partial charge in [0.25, 0.3) is 0 Å². The fraction of sp³-hybridized carbons (Fsp3) is 0.296. The highest BCUT2D eigenvalue weighted by Gasteiger charge is 2.24. The van der Waals surface area contributed by atoms with Gasteiger partial charge in [-0.15, -0.1) is 0 Å². The summed E-state index contributed by atoms with van der Waals surface area (Å²) in [6.07, 6.45) is 1.60. The third-order valence-corrected chi connectivity index (χ3v) is 5.70. The van der Waals surface area contributed by atoms with Crippen molar-refractivity contribution in [2.75, 3.05) is 28.4 Å². The maximum Gasteiger partial charge on any atom is 0.241 e. The molecule has 0 fully saturated rings. The number of ether oxygens (including phenoxy) is 3. The molecule has 2 atom stereocenters. The van der Waals surface area contributed by atoms with Crippen molar-refractivity contribution in [2.24, 2.45) is 0 Å². The Labute approximate surface area is 195 Å². The molecular formula is C27H32N2O4. The number of aryl methyl sites for hydroxylation is 1. The minimum absolute atomic E-state index is 0.0869. The van der Waals surface area contributed by atoms with E-state index in [-0.39, 0.29) is 11.9 Å². The number of nitrogens with one attached hydrogen (secondary N) is 2. The van der Waals surface area contributed by atoms with Gasteiger partial charge in [0.2, 0.25) is 5.91 Å². The molecule has 0 bridgehead atoms. The highest BCUT2D eigenvalue weighted by molar-refractivity contribution is 5.83. The van der Waals surface area contributed by atoms with Crippen LogP contribution in [0.25, 0.3) is 0 Å². The minimum Gasteiger partial charge on any atom is -0.497 e. The molecular weight excluding hydrogens is 416 g/mol. The molecule has 3 aromatic rings. The van der Waals surface area contributed by atoms with Gasteiger partial charge < -0.3 is 19.5 Å². The number of benzene rings is 3. The summed E-state index contributed by atoms with van der Waals surface area (Å²) in [5.41, 5.74) is 3.12. The molecule has 1 unspecified atom stereocenters. The summed E-state index contributed by atoms with van der Waals surface area (Å²) in [4.78, 5) is 12.8. The average Bonchev–Trinajstić information content (AvgIpc) is 2.88. The van der Waals surface area contributed by atoms with Crippen LogP contribution in [0.3, 0.4) is 0 Å². The average molecular weight is 449 g/mol. The van der Waals surface area contributed by atoms with Gasteiger partial charge in [0.05, 0.1) is 21.3 Å². The quantitative estimate of drug-likeness (QED) is 0.453. The van der Waals surface area contributed by atoms with Crippen molar-refractivity contribution in [1.29, 1.82) is 0 Å². The van der Waals surface area contributed by atoms with Gasteiger partial charge >= 0.3 is 0 Å². The van der Waals surface area contributed by atoms with E-state index in [4.69, 9.17) is 14.2 Å².